The van der Waals surface area contributed by atoms with E-state index in [9.17, 15) is 22.8 Å². The highest BCUT2D eigenvalue weighted by molar-refractivity contribution is 8.01. The summed E-state index contributed by atoms with van der Waals surface area (Å²) in [6.07, 6.45) is 1.88. The summed E-state index contributed by atoms with van der Waals surface area (Å²) in [5.41, 5.74) is 18.4. The van der Waals surface area contributed by atoms with Crippen LogP contribution in [0.3, 0.4) is 0 Å². The molecule has 5 aromatic heterocycles. The van der Waals surface area contributed by atoms with E-state index in [0.29, 0.717) is 21.0 Å². The van der Waals surface area contributed by atoms with Gasteiger partial charge in [-0.3, -0.25) is 23.5 Å². The third-order valence-corrected chi connectivity index (χ3v) is 17.9. The highest BCUT2D eigenvalue weighted by Crippen LogP contribution is 2.32. The van der Waals surface area contributed by atoms with Crippen LogP contribution in [0.5, 0.6) is 0 Å². The van der Waals surface area contributed by atoms with Crippen molar-refractivity contribution < 1.29 is 13.2 Å². The van der Waals surface area contributed by atoms with Crippen LogP contribution in [0.2, 0.25) is 0 Å². The summed E-state index contributed by atoms with van der Waals surface area (Å²) in [4.78, 5) is 59.8. The van der Waals surface area contributed by atoms with Crippen molar-refractivity contribution in [3.63, 3.8) is 0 Å². The minimum atomic E-state index is -3.46. The van der Waals surface area contributed by atoms with Gasteiger partial charge in [0.25, 0.3) is 17.0 Å². The summed E-state index contributed by atoms with van der Waals surface area (Å²) in [5, 5.41) is 2.96. The molecule has 0 aliphatic heterocycles. The summed E-state index contributed by atoms with van der Waals surface area (Å²) >= 11 is 6.88. The SMILES string of the molecule is CCS(=O)(=O)c1nc2ncn(-c3c(C)cc(C)cc3C)c(=O)c2s1.CCSc1nc(N)c(C(=O)Nc2c(C)cc(C)cc2C)s1.CCSc1nc2ncn(-c3c(C)cc(C)cc3C)c(=O)c2s1.[B]B([B])[B].[B][B]B([B])[B].[B][B][B]. The Bertz CT molecular complexity index is 3530. The molecule has 14 nitrogen and oxygen atoms in total. The quantitative estimate of drug-likeness (QED) is 0.115. The predicted octanol–water partition coefficient (Wildman–Crippen LogP) is 5.89. The summed E-state index contributed by atoms with van der Waals surface area (Å²) in [5.74, 6) is 1.89. The molecule has 0 fully saturated rings. The van der Waals surface area contributed by atoms with Crippen LogP contribution < -0.4 is 22.2 Å². The first-order chi connectivity index (χ1) is 37.1. The monoisotopic (exact) mass is 1150 g/mol. The van der Waals surface area contributed by atoms with E-state index in [1.165, 1.54) is 51.8 Å². The number of thioether (sulfide) groups is 2. The fourth-order valence-electron chi connectivity index (χ4n) is 7.66. The first-order valence-electron chi connectivity index (χ1n) is 24.2. The minimum Gasteiger partial charge on any atom is -0.382 e. The molecule has 3 aromatic carbocycles. The molecule has 18 radical (unpaired) electrons. The lowest BCUT2D eigenvalue weighted by molar-refractivity contribution is 0.103. The van der Waals surface area contributed by atoms with Gasteiger partial charge in [-0.25, -0.2) is 33.3 Å². The van der Waals surface area contributed by atoms with E-state index in [4.69, 9.17) is 28.9 Å². The molecule has 0 unspecified atom stereocenters. The first kappa shape index (κ1) is 68.8. The number of fused-ring (bicyclic) bond motifs is 2. The number of nitrogens with one attached hydrogen (secondary N) is 1. The van der Waals surface area contributed by atoms with Gasteiger partial charge in [0.1, 0.15) is 32.7 Å². The van der Waals surface area contributed by atoms with Crippen molar-refractivity contribution in [3.8, 4) is 11.4 Å². The maximum atomic E-state index is 12.8. The number of carbonyl (C=O) groups excluding carboxylic acids is 1. The van der Waals surface area contributed by atoms with Crippen LogP contribution in [-0.4, -0.2) is 154 Å². The molecule has 5 heterocycles. The predicted molar refractivity (Wildman–Crippen MR) is 349 cm³/mol. The van der Waals surface area contributed by atoms with Gasteiger partial charge in [0.15, 0.2) is 20.0 Å². The van der Waals surface area contributed by atoms with Crippen molar-refractivity contribution in [1.29, 1.82) is 0 Å². The summed E-state index contributed by atoms with van der Waals surface area (Å²) < 4.78 is 29.6. The fourth-order valence-corrected chi connectivity index (χ4v) is 13.7. The number of aromatic nitrogens is 7. The van der Waals surface area contributed by atoms with Crippen molar-refractivity contribution >= 4 is 194 Å². The number of aryl methyl sites for hydroxylation is 9. The number of rotatable bonds is 11. The molecule has 1 amide bonds. The Balaban J connectivity index is 0.000000282. The molecular weight excluding hydrogens is 1090 g/mol. The van der Waals surface area contributed by atoms with Crippen LogP contribution in [0.1, 0.15) is 80.5 Å². The Morgan fingerprint density at radius 2 is 1.01 bits per heavy atom. The Labute approximate surface area is 498 Å². The number of sulfone groups is 1. The molecule has 0 aliphatic rings. The van der Waals surface area contributed by atoms with Crippen LogP contribution in [0, 0.1) is 62.3 Å². The third-order valence-electron chi connectivity index (χ3n) is 10.5. The van der Waals surface area contributed by atoms with Crippen LogP contribution in [0.4, 0.5) is 11.5 Å². The number of carbonyl (C=O) groups is 1. The lowest BCUT2D eigenvalue weighted by Gasteiger charge is -2.13. The minimum absolute atomic E-state index is 0.0412. The van der Waals surface area contributed by atoms with Gasteiger partial charge in [-0.2, -0.15) is 0 Å². The fraction of sp³-hybridized carbons (Fsp3) is 0.319. The van der Waals surface area contributed by atoms with E-state index in [1.54, 1.807) is 41.3 Å². The smallest absolute Gasteiger partial charge is 0.277 e. The molecule has 8 rings (SSSR count). The topological polar surface area (TPSA) is 198 Å². The van der Waals surface area contributed by atoms with Gasteiger partial charge in [0.05, 0.1) is 17.1 Å². The molecule has 0 bridgehead atoms. The number of hydrogen-bond acceptors (Lipinski definition) is 16. The molecular formula is C47H53B12N9O5S6. The highest BCUT2D eigenvalue weighted by atomic mass is 32.2. The molecule has 3 N–H and O–H groups in total. The van der Waals surface area contributed by atoms with E-state index in [-0.39, 0.29) is 37.5 Å². The van der Waals surface area contributed by atoms with Gasteiger partial charge in [-0.1, -0.05) is 109 Å². The van der Waals surface area contributed by atoms with E-state index in [0.717, 1.165) is 94.6 Å². The Kier molecular flexibility index (Phi) is 28.1. The van der Waals surface area contributed by atoms with Crippen molar-refractivity contribution in [2.75, 3.05) is 28.3 Å². The summed E-state index contributed by atoms with van der Waals surface area (Å²) in [6, 6.07) is 12.3. The molecule has 32 heteroatoms. The van der Waals surface area contributed by atoms with Gasteiger partial charge in [0.2, 0.25) is 14.2 Å². The van der Waals surface area contributed by atoms with Gasteiger partial charge in [-0.15, -0.1) is 22.7 Å². The summed E-state index contributed by atoms with van der Waals surface area (Å²) in [6.45, 7) is 23.7. The molecule has 0 saturated heterocycles. The number of nitrogen functional groups attached to an aromatic ring is 1. The van der Waals surface area contributed by atoms with Crippen molar-refractivity contribution in [1.82, 2.24) is 34.1 Å². The second-order valence-electron chi connectivity index (χ2n) is 17.3. The van der Waals surface area contributed by atoms with Gasteiger partial charge in [-0.05, 0) is 107 Å². The normalized spacial score (nSPS) is 10.5. The van der Waals surface area contributed by atoms with Crippen LogP contribution in [0.15, 0.2) is 71.7 Å². The van der Waals surface area contributed by atoms with Crippen LogP contribution in [-0.2, 0) is 9.84 Å². The van der Waals surface area contributed by atoms with E-state index in [1.807, 2.05) is 74.4 Å². The zero-order valence-electron chi connectivity index (χ0n) is 46.4. The van der Waals surface area contributed by atoms with Crippen molar-refractivity contribution in [2.45, 2.75) is 96.1 Å². The van der Waals surface area contributed by atoms with E-state index >= 15 is 0 Å². The molecule has 0 aliphatic carbocycles. The van der Waals surface area contributed by atoms with E-state index < -0.39 is 22.6 Å². The second kappa shape index (κ2) is 32.2. The Morgan fingerprint density at radius 1 is 0.646 bits per heavy atom. The number of amides is 1. The number of anilines is 2. The Morgan fingerprint density at radius 3 is 1.39 bits per heavy atom. The van der Waals surface area contributed by atoms with Crippen LogP contribution >= 0.6 is 57.5 Å². The van der Waals surface area contributed by atoms with Crippen molar-refractivity contribution in [3.05, 3.63) is 125 Å². The molecule has 0 spiro atoms. The lowest BCUT2D eigenvalue weighted by Crippen LogP contribution is -2.23. The number of nitrogens with zero attached hydrogens (tertiary/aromatic N) is 7. The maximum Gasteiger partial charge on any atom is 0.277 e. The lowest BCUT2D eigenvalue weighted by atomic mass is 8.97. The van der Waals surface area contributed by atoms with Gasteiger partial charge < -0.3 is 11.1 Å². The zero-order chi connectivity index (χ0) is 59.6. The number of hydrogen-bond donors (Lipinski definition) is 2. The largest absolute Gasteiger partial charge is 0.382 e. The zero-order valence-corrected chi connectivity index (χ0v) is 51.3. The van der Waals surface area contributed by atoms with Crippen molar-refractivity contribution in [2.24, 2.45) is 0 Å². The average Bonchev–Trinajstić information content (AvgIpc) is 4.10. The highest BCUT2D eigenvalue weighted by Gasteiger charge is 2.22. The number of thiazole rings is 3. The number of benzene rings is 3. The second-order valence-corrected chi connectivity index (χ2v) is 25.8. The molecule has 0 atom stereocenters. The average molecular weight is 1150 g/mol. The third kappa shape index (κ3) is 19.6. The molecule has 8 aromatic rings. The standard InChI is InChI=1S/C16H17N3O3S2.C16H17N3OS2.C15H19N3OS2.B5.B4.B3/c1-5-24(21,22)16-18-14-13(23-16)15(20)19(8-17-14)12-10(3)6-9(2)7-11(12)4;1-5-21-16-18-14-13(22-16)15(20)19(8-17-14)12-10(3)6-9(2)7-11(12)4;1-5-20-15-18-13(16)12(21-15)14(19)17-11-9(3)6-8(2)7-10(11)4;1-4-5(2)3;1-4(2)3;1-3-2/h6-8H,5H2,1-4H3;6-8H,5H2,1-4H3;6-7H,5,16H2,1-4H3,(H,17,19);;;. The maximum absolute atomic E-state index is 12.8. The van der Waals surface area contributed by atoms with Crippen LogP contribution in [0.25, 0.3) is 32.1 Å². The Hall–Kier alpha value is -4.47. The number of nitrogens with two attached hydrogens (primary N) is 1. The first-order valence-corrected chi connectivity index (χ1v) is 30.3. The molecule has 388 valence electrons. The van der Waals surface area contributed by atoms with Gasteiger partial charge in [0, 0.05) is 94.5 Å². The molecule has 0 saturated carbocycles. The van der Waals surface area contributed by atoms with Gasteiger partial charge >= 0.3 is 0 Å². The molecule has 79 heavy (non-hydrogen) atoms. The van der Waals surface area contributed by atoms with E-state index in [2.05, 4.69) is 107 Å². The summed E-state index contributed by atoms with van der Waals surface area (Å²) in [7, 11) is 36.3.